The fraction of sp³-hybridized carbons (Fsp3) is 0.333. The quantitative estimate of drug-likeness (QED) is 0.713. The van der Waals surface area contributed by atoms with Gasteiger partial charge in [0.05, 0.1) is 18.5 Å². The van der Waals surface area contributed by atoms with E-state index in [9.17, 15) is 9.90 Å². The highest BCUT2D eigenvalue weighted by molar-refractivity contribution is 7.17. The van der Waals surface area contributed by atoms with Gasteiger partial charge in [-0.1, -0.05) is 17.4 Å². The Kier molecular flexibility index (Phi) is 5.35. The van der Waals surface area contributed by atoms with Crippen LogP contribution in [0.25, 0.3) is 0 Å². The predicted molar refractivity (Wildman–Crippen MR) is 88.0 cm³/mol. The Bertz CT molecular complexity index is 670. The number of carbonyl (C=O) groups is 1. The number of methoxy groups -OCH3 is 1. The van der Waals surface area contributed by atoms with Gasteiger partial charge in [-0.15, -0.1) is 0 Å². The molecule has 0 spiro atoms. The Hall–Kier alpha value is -2.12. The van der Waals surface area contributed by atoms with Gasteiger partial charge in [0.25, 0.3) is 5.91 Å². The molecule has 1 amide bonds. The predicted octanol–water partition coefficient (Wildman–Crippen LogP) is 2.78. The average Bonchev–Trinajstić information content (AvgIpc) is 2.97. The molecule has 0 aliphatic rings. The van der Waals surface area contributed by atoms with Gasteiger partial charge in [-0.25, -0.2) is 4.98 Å². The van der Waals surface area contributed by atoms with Gasteiger partial charge in [-0.05, 0) is 25.5 Å². The number of carbonyl (C=O) groups excluding carboxylic acids is 1. The minimum Gasteiger partial charge on any atom is -0.508 e. The van der Waals surface area contributed by atoms with Crippen molar-refractivity contribution in [2.75, 3.05) is 30.9 Å². The molecule has 0 unspecified atom stereocenters. The van der Waals surface area contributed by atoms with Crippen molar-refractivity contribution in [3.05, 3.63) is 34.3 Å². The molecule has 118 valence electrons. The molecule has 0 bridgehead atoms. The molecule has 2 aromatic rings. The van der Waals surface area contributed by atoms with E-state index in [2.05, 4.69) is 15.6 Å². The second-order valence-corrected chi connectivity index (χ2v) is 5.84. The first-order valence-corrected chi connectivity index (χ1v) is 7.63. The number of phenolic OH excluding ortho intramolecular Hbond substituents is 1. The summed E-state index contributed by atoms with van der Waals surface area (Å²) < 4.78 is 4.95. The Morgan fingerprint density at radius 2 is 2.18 bits per heavy atom. The van der Waals surface area contributed by atoms with Crippen molar-refractivity contribution in [3.63, 3.8) is 0 Å². The van der Waals surface area contributed by atoms with Gasteiger partial charge in [0.15, 0.2) is 5.13 Å². The van der Waals surface area contributed by atoms with E-state index in [4.69, 9.17) is 4.74 Å². The number of ether oxygens (including phenoxy) is 1. The number of hydrogen-bond donors (Lipinski definition) is 3. The molecule has 0 saturated heterocycles. The zero-order valence-corrected chi connectivity index (χ0v) is 13.6. The zero-order chi connectivity index (χ0) is 16.1. The molecule has 0 saturated carbocycles. The summed E-state index contributed by atoms with van der Waals surface area (Å²) in [5.41, 5.74) is 2.18. The van der Waals surface area contributed by atoms with Crippen LogP contribution in [0, 0.1) is 13.8 Å². The number of phenols is 1. The third-order valence-corrected chi connectivity index (χ3v) is 4.15. The van der Waals surface area contributed by atoms with E-state index in [1.54, 1.807) is 26.2 Å². The molecule has 0 aliphatic carbocycles. The van der Waals surface area contributed by atoms with Gasteiger partial charge in [0.2, 0.25) is 0 Å². The zero-order valence-electron chi connectivity index (χ0n) is 12.8. The van der Waals surface area contributed by atoms with E-state index < -0.39 is 0 Å². The lowest BCUT2D eigenvalue weighted by molar-refractivity contribution is 0.103. The lowest BCUT2D eigenvalue weighted by atomic mass is 10.1. The monoisotopic (exact) mass is 321 g/mol. The van der Waals surface area contributed by atoms with Crippen LogP contribution in [0.3, 0.4) is 0 Å². The third-order valence-electron chi connectivity index (χ3n) is 3.20. The van der Waals surface area contributed by atoms with E-state index in [0.29, 0.717) is 34.4 Å². The van der Waals surface area contributed by atoms with Crippen molar-refractivity contribution in [2.24, 2.45) is 0 Å². The number of amides is 1. The van der Waals surface area contributed by atoms with Crippen LogP contribution in [0.4, 0.5) is 10.8 Å². The van der Waals surface area contributed by atoms with Crippen molar-refractivity contribution in [1.29, 1.82) is 0 Å². The number of aryl methyl sites for hydroxylation is 1. The maximum Gasteiger partial charge on any atom is 0.267 e. The van der Waals surface area contributed by atoms with Crippen LogP contribution in [0.1, 0.15) is 20.8 Å². The van der Waals surface area contributed by atoms with Crippen LogP contribution < -0.4 is 10.6 Å². The first-order chi connectivity index (χ1) is 10.5. The Labute approximate surface area is 133 Å². The van der Waals surface area contributed by atoms with E-state index in [1.165, 1.54) is 17.5 Å². The smallest absolute Gasteiger partial charge is 0.267 e. The van der Waals surface area contributed by atoms with Crippen LogP contribution in [0.15, 0.2) is 18.3 Å². The second-order valence-electron chi connectivity index (χ2n) is 4.80. The number of nitrogens with one attached hydrogen (secondary N) is 2. The number of benzene rings is 1. The Morgan fingerprint density at radius 1 is 1.41 bits per heavy atom. The van der Waals surface area contributed by atoms with Gasteiger partial charge in [0.1, 0.15) is 10.6 Å². The Morgan fingerprint density at radius 3 is 2.91 bits per heavy atom. The highest BCUT2D eigenvalue weighted by Gasteiger charge is 2.14. The van der Waals surface area contributed by atoms with Crippen LogP contribution >= 0.6 is 11.3 Å². The fourth-order valence-electron chi connectivity index (χ4n) is 1.92. The first-order valence-electron chi connectivity index (χ1n) is 6.82. The summed E-state index contributed by atoms with van der Waals surface area (Å²) in [5, 5.41) is 16.3. The largest absolute Gasteiger partial charge is 0.508 e. The van der Waals surface area contributed by atoms with Crippen molar-refractivity contribution in [3.8, 4) is 5.75 Å². The maximum absolute atomic E-state index is 12.3. The molecule has 0 fully saturated rings. The molecule has 1 heterocycles. The highest BCUT2D eigenvalue weighted by atomic mass is 32.1. The standard InChI is InChI=1S/C15H19N3O3S/c1-9-4-5-11(19)10(2)13(9)18-14(20)12-8-17-15(22-12)16-6-7-21-3/h4-5,8,19H,6-7H2,1-3H3,(H,16,17)(H,18,20). The highest BCUT2D eigenvalue weighted by Crippen LogP contribution is 2.29. The van der Waals surface area contributed by atoms with E-state index in [-0.39, 0.29) is 11.7 Å². The van der Waals surface area contributed by atoms with Gasteiger partial charge in [-0.2, -0.15) is 0 Å². The van der Waals surface area contributed by atoms with E-state index >= 15 is 0 Å². The topological polar surface area (TPSA) is 83.5 Å². The molecule has 7 heteroatoms. The summed E-state index contributed by atoms with van der Waals surface area (Å²) in [4.78, 5) is 17.0. The average molecular weight is 321 g/mol. The van der Waals surface area contributed by atoms with E-state index in [0.717, 1.165) is 5.56 Å². The van der Waals surface area contributed by atoms with Crippen molar-refractivity contribution < 1.29 is 14.6 Å². The van der Waals surface area contributed by atoms with Crippen LogP contribution in [-0.2, 0) is 4.74 Å². The van der Waals surface area contributed by atoms with Crippen LogP contribution in [0.5, 0.6) is 5.75 Å². The Balaban J connectivity index is 2.08. The van der Waals surface area contributed by atoms with Crippen molar-refractivity contribution in [2.45, 2.75) is 13.8 Å². The molecule has 0 radical (unpaired) electrons. The normalized spacial score (nSPS) is 10.5. The molecular weight excluding hydrogens is 302 g/mol. The van der Waals surface area contributed by atoms with Crippen molar-refractivity contribution in [1.82, 2.24) is 4.98 Å². The number of thiazole rings is 1. The number of hydrogen-bond acceptors (Lipinski definition) is 6. The maximum atomic E-state index is 12.3. The SMILES string of the molecule is COCCNc1ncc(C(=O)Nc2c(C)ccc(O)c2C)s1. The molecule has 0 atom stereocenters. The van der Waals surface area contributed by atoms with Crippen molar-refractivity contribution >= 4 is 28.1 Å². The lowest BCUT2D eigenvalue weighted by Gasteiger charge is -2.11. The van der Waals surface area contributed by atoms with Gasteiger partial charge < -0.3 is 20.5 Å². The molecule has 3 N–H and O–H groups in total. The molecule has 22 heavy (non-hydrogen) atoms. The number of nitrogens with zero attached hydrogens (tertiary/aromatic N) is 1. The number of aromatic hydroxyl groups is 1. The molecule has 6 nitrogen and oxygen atoms in total. The molecule has 2 rings (SSSR count). The van der Waals surface area contributed by atoms with E-state index in [1.807, 2.05) is 6.92 Å². The summed E-state index contributed by atoms with van der Waals surface area (Å²) in [6, 6.07) is 3.38. The molecule has 1 aromatic carbocycles. The number of aromatic nitrogens is 1. The van der Waals surface area contributed by atoms with Crippen LogP contribution in [-0.4, -0.2) is 36.3 Å². The summed E-state index contributed by atoms with van der Waals surface area (Å²) >= 11 is 1.27. The molecule has 0 aliphatic heterocycles. The summed E-state index contributed by atoms with van der Waals surface area (Å²) in [6.45, 7) is 4.85. The van der Waals surface area contributed by atoms with Crippen LogP contribution in [0.2, 0.25) is 0 Å². The van der Waals surface area contributed by atoms with Gasteiger partial charge in [0, 0.05) is 19.2 Å². The minimum absolute atomic E-state index is 0.159. The summed E-state index contributed by atoms with van der Waals surface area (Å²) in [5.74, 6) is -0.0822. The number of anilines is 2. The molecular formula is C15H19N3O3S. The van der Waals surface area contributed by atoms with Gasteiger partial charge in [-0.3, -0.25) is 4.79 Å². The summed E-state index contributed by atoms with van der Waals surface area (Å²) in [6.07, 6.45) is 1.53. The molecule has 1 aromatic heterocycles. The fourth-order valence-corrected chi connectivity index (χ4v) is 2.66. The summed E-state index contributed by atoms with van der Waals surface area (Å²) in [7, 11) is 1.63. The van der Waals surface area contributed by atoms with Gasteiger partial charge >= 0.3 is 0 Å². The first kappa shape index (κ1) is 16.3. The third kappa shape index (κ3) is 3.75. The second kappa shape index (κ2) is 7.24. The lowest BCUT2D eigenvalue weighted by Crippen LogP contribution is -2.12. The number of rotatable bonds is 6. The minimum atomic E-state index is -0.242.